The Hall–Kier alpha value is -7.62. The van der Waals surface area contributed by atoms with E-state index in [-0.39, 0.29) is 29.9 Å². The number of anilines is 6. The van der Waals surface area contributed by atoms with E-state index in [1.165, 1.54) is 0 Å². The van der Waals surface area contributed by atoms with Crippen LogP contribution in [0.25, 0.3) is 44.2 Å². The summed E-state index contributed by atoms with van der Waals surface area (Å²) in [4.78, 5) is 4.10. The maximum absolute atomic E-state index is 9.13. The Balaban J connectivity index is 1.12. The van der Waals surface area contributed by atoms with Crippen LogP contribution in [0.4, 0.5) is 34.1 Å². The quantitative estimate of drug-likeness (QED) is 0.169. The fourth-order valence-electron chi connectivity index (χ4n) is 9.61. The van der Waals surface area contributed by atoms with Crippen molar-refractivity contribution in [3.8, 4) is 22.3 Å². The third-order valence-corrected chi connectivity index (χ3v) is 11.9. The van der Waals surface area contributed by atoms with Gasteiger partial charge in [-0.2, -0.15) is 0 Å². The largest absolute Gasteiger partial charge is 0.456 e. The number of para-hydroxylation sites is 4. The van der Waals surface area contributed by atoms with Gasteiger partial charge in [-0.3, -0.25) is 0 Å². The molecule has 12 rings (SSSR count). The first kappa shape index (κ1) is 27.9. The standard InChI is InChI=1S/C55H36N2O/c1-4-16-37(17-5-1)56(38-18-6-2-7-19-38)40-28-31-45-43-22-10-13-25-49(43)55(51(45)34-40)50-26-14-11-23-44(50)46-32-29-41(35-52(46)55)57(39-20-8-3-9-21-39)42-30-33-48-47-24-12-15-27-53(47)58-54(48)36-42/h1-36H/i1D,4D,5D,16D,17D. The Morgan fingerprint density at radius 3 is 1.43 bits per heavy atom. The molecule has 0 saturated carbocycles. The molecule has 0 N–H and O–H groups in total. The maximum Gasteiger partial charge on any atom is 0.137 e. The van der Waals surface area contributed by atoms with E-state index >= 15 is 0 Å². The zero-order chi connectivity index (χ0) is 42.6. The van der Waals surface area contributed by atoms with Crippen LogP contribution in [-0.4, -0.2) is 0 Å². The monoisotopic (exact) mass is 745 g/mol. The van der Waals surface area contributed by atoms with Gasteiger partial charge in [0.05, 0.1) is 12.3 Å². The van der Waals surface area contributed by atoms with Gasteiger partial charge in [-0.05, 0) is 123 Å². The van der Waals surface area contributed by atoms with E-state index in [4.69, 9.17) is 11.3 Å². The Bertz CT molecular complexity index is 3450. The highest BCUT2D eigenvalue weighted by molar-refractivity contribution is 6.06. The van der Waals surface area contributed by atoms with Gasteiger partial charge in [-0.15, -0.1) is 0 Å². The molecule has 1 atom stereocenters. The number of nitrogens with zero attached hydrogens (tertiary/aromatic N) is 2. The van der Waals surface area contributed by atoms with E-state index in [1.807, 2.05) is 60.7 Å². The summed E-state index contributed by atoms with van der Waals surface area (Å²) in [6.45, 7) is 0. The van der Waals surface area contributed by atoms with Gasteiger partial charge in [-0.25, -0.2) is 0 Å². The zero-order valence-electron chi connectivity index (χ0n) is 36.2. The van der Waals surface area contributed by atoms with Crippen molar-refractivity contribution in [2.75, 3.05) is 9.80 Å². The fraction of sp³-hybridized carbons (Fsp3) is 0.0182. The fourth-order valence-corrected chi connectivity index (χ4v) is 9.61. The summed E-state index contributed by atoms with van der Waals surface area (Å²) in [7, 11) is 0. The molecule has 2 aliphatic rings. The first-order valence-electron chi connectivity index (χ1n) is 22.0. The molecule has 0 fully saturated rings. The molecular formula is C55H36N2O. The Morgan fingerprint density at radius 2 is 0.810 bits per heavy atom. The van der Waals surface area contributed by atoms with E-state index in [2.05, 4.69) is 132 Å². The van der Waals surface area contributed by atoms with Crippen molar-refractivity contribution in [1.82, 2.24) is 0 Å². The smallest absolute Gasteiger partial charge is 0.137 e. The second-order valence-corrected chi connectivity index (χ2v) is 14.9. The second-order valence-electron chi connectivity index (χ2n) is 14.9. The molecule has 272 valence electrons. The molecule has 0 saturated heterocycles. The first-order chi connectivity index (χ1) is 30.8. The summed E-state index contributed by atoms with van der Waals surface area (Å²) >= 11 is 0. The molecule has 10 aromatic rings. The second kappa shape index (κ2) is 12.7. The predicted octanol–water partition coefficient (Wildman–Crippen LogP) is 14.9. The van der Waals surface area contributed by atoms with Crippen LogP contribution in [0.3, 0.4) is 0 Å². The minimum Gasteiger partial charge on any atom is -0.456 e. The SMILES string of the molecule is [2H]c1c([2H])c([2H])c(N(c2ccccc2)c2ccc3c(c2)C2(c4ccccc4-c4ccc(N(c5ccccc5)c5ccc6c(c5)oc5ccccc56)cc42)c2ccccc2-3)c([2H])c1[2H]. The summed E-state index contributed by atoms with van der Waals surface area (Å²) in [5, 5.41) is 2.15. The van der Waals surface area contributed by atoms with Crippen LogP contribution in [-0.2, 0) is 5.41 Å². The third kappa shape index (κ3) is 4.68. The summed E-state index contributed by atoms with van der Waals surface area (Å²) in [5.74, 6) is 0. The number of hydrogen-bond acceptors (Lipinski definition) is 3. The van der Waals surface area contributed by atoms with Gasteiger partial charge < -0.3 is 14.2 Å². The van der Waals surface area contributed by atoms with Crippen molar-refractivity contribution in [2.45, 2.75) is 5.41 Å². The highest BCUT2D eigenvalue weighted by Gasteiger charge is 2.52. The highest BCUT2D eigenvalue weighted by atomic mass is 16.3. The summed E-state index contributed by atoms with van der Waals surface area (Å²) in [6, 6.07) is 63.2. The van der Waals surface area contributed by atoms with Crippen molar-refractivity contribution in [1.29, 1.82) is 0 Å². The number of hydrogen-bond donors (Lipinski definition) is 0. The van der Waals surface area contributed by atoms with Crippen LogP contribution in [0.5, 0.6) is 0 Å². The molecule has 0 radical (unpaired) electrons. The van der Waals surface area contributed by atoms with Crippen LogP contribution >= 0.6 is 0 Å². The van der Waals surface area contributed by atoms with E-state index in [1.54, 1.807) is 4.90 Å². The molecule has 1 unspecified atom stereocenters. The summed E-state index contributed by atoms with van der Waals surface area (Å²) in [5.41, 5.74) is 14.3. The first-order valence-corrected chi connectivity index (χ1v) is 19.5. The van der Waals surface area contributed by atoms with Crippen LogP contribution in [0.1, 0.15) is 29.1 Å². The normalized spacial score (nSPS) is 15.8. The Kier molecular flexibility index (Phi) is 6.11. The topological polar surface area (TPSA) is 19.6 Å². The van der Waals surface area contributed by atoms with Crippen molar-refractivity contribution in [3.05, 3.63) is 241 Å². The highest BCUT2D eigenvalue weighted by Crippen LogP contribution is 2.64. The number of benzene rings is 9. The lowest BCUT2D eigenvalue weighted by atomic mass is 9.70. The van der Waals surface area contributed by atoms with Crippen LogP contribution < -0.4 is 9.80 Å². The molecule has 9 aromatic carbocycles. The molecule has 0 aliphatic heterocycles. The average molecular weight is 746 g/mol. The van der Waals surface area contributed by atoms with Gasteiger partial charge in [0.2, 0.25) is 0 Å². The summed E-state index contributed by atoms with van der Waals surface area (Å²) < 4.78 is 50.4. The predicted molar refractivity (Wildman–Crippen MR) is 239 cm³/mol. The Labute approximate surface area is 344 Å². The average Bonchev–Trinajstić information content (AvgIpc) is 3.95. The van der Waals surface area contributed by atoms with Crippen LogP contribution in [0.15, 0.2) is 223 Å². The molecule has 1 aromatic heterocycles. The van der Waals surface area contributed by atoms with Gasteiger partial charge >= 0.3 is 0 Å². The number of rotatable bonds is 6. The third-order valence-electron chi connectivity index (χ3n) is 11.9. The van der Waals surface area contributed by atoms with Gasteiger partial charge in [-0.1, -0.05) is 133 Å². The molecule has 3 heteroatoms. The van der Waals surface area contributed by atoms with Crippen molar-refractivity contribution >= 4 is 56.1 Å². The van der Waals surface area contributed by atoms with E-state index in [0.717, 1.165) is 83.5 Å². The van der Waals surface area contributed by atoms with Crippen molar-refractivity contribution in [3.63, 3.8) is 0 Å². The zero-order valence-corrected chi connectivity index (χ0v) is 31.2. The number of fused-ring (bicyclic) bond motifs is 13. The van der Waals surface area contributed by atoms with E-state index < -0.39 is 11.5 Å². The van der Waals surface area contributed by atoms with Crippen LogP contribution in [0.2, 0.25) is 0 Å². The van der Waals surface area contributed by atoms with Crippen LogP contribution in [0, 0.1) is 0 Å². The molecular weight excluding hydrogens is 705 g/mol. The van der Waals surface area contributed by atoms with Gasteiger partial charge in [0.25, 0.3) is 0 Å². The van der Waals surface area contributed by atoms with E-state index in [9.17, 15) is 0 Å². The lowest BCUT2D eigenvalue weighted by Crippen LogP contribution is -2.26. The lowest BCUT2D eigenvalue weighted by molar-refractivity contribution is 0.669. The Morgan fingerprint density at radius 1 is 0.345 bits per heavy atom. The lowest BCUT2D eigenvalue weighted by Gasteiger charge is -2.33. The molecule has 0 bridgehead atoms. The molecule has 1 heterocycles. The minimum atomic E-state index is -0.767. The molecule has 1 spiro atoms. The van der Waals surface area contributed by atoms with Gasteiger partial charge in [0.15, 0.2) is 0 Å². The molecule has 2 aliphatic carbocycles. The van der Waals surface area contributed by atoms with Gasteiger partial charge in [0.1, 0.15) is 11.2 Å². The van der Waals surface area contributed by atoms with E-state index in [0.29, 0.717) is 11.4 Å². The minimum absolute atomic E-state index is 0.0890. The molecule has 58 heavy (non-hydrogen) atoms. The summed E-state index contributed by atoms with van der Waals surface area (Å²) in [6.07, 6.45) is 0. The number of furan rings is 1. The van der Waals surface area contributed by atoms with Crippen molar-refractivity contribution in [2.24, 2.45) is 0 Å². The molecule has 0 amide bonds. The molecule has 3 nitrogen and oxygen atoms in total. The maximum atomic E-state index is 9.13. The van der Waals surface area contributed by atoms with Gasteiger partial charge in [0, 0.05) is 51.0 Å². The van der Waals surface area contributed by atoms with Crippen molar-refractivity contribution < 1.29 is 11.3 Å².